The SMILES string of the molecule is c1ccc(-c2c3ccccc3c(-c3ccccc3)c3cc(-c4ccc(-c5ccc6c(c5)nc(-c5ccccc5)n6-c5ccccc5)nc4)ccc23)cc1. The zero-order chi connectivity index (χ0) is 35.1. The Morgan fingerprint density at radius 3 is 1.51 bits per heavy atom. The molecule has 0 spiro atoms. The molecule has 0 aliphatic carbocycles. The molecular weight excluding hydrogens is 643 g/mol. The van der Waals surface area contributed by atoms with Crippen LogP contribution >= 0.6 is 0 Å². The standard InChI is InChI=1S/C50H33N3/c1-5-15-34(16-6-1)48-41-23-13-14-24-42(41)49(35-17-7-2-8-18-35)44-31-37(25-28-43(44)48)39-26-29-45(51-33-39)38-27-30-47-46(32-38)52-50(36-19-9-3-10-20-36)53(47)40-21-11-4-12-22-40/h1-33H. The topological polar surface area (TPSA) is 30.7 Å². The third kappa shape index (κ3) is 5.38. The van der Waals surface area contributed by atoms with Crippen LogP contribution in [0.15, 0.2) is 200 Å². The van der Waals surface area contributed by atoms with Gasteiger partial charge in [-0.05, 0) is 85.8 Å². The zero-order valence-corrected chi connectivity index (χ0v) is 28.9. The van der Waals surface area contributed by atoms with Gasteiger partial charge in [-0.1, -0.05) is 158 Å². The minimum atomic E-state index is 0.911. The van der Waals surface area contributed by atoms with Crippen molar-refractivity contribution in [3.63, 3.8) is 0 Å². The number of rotatable bonds is 6. The molecule has 53 heavy (non-hydrogen) atoms. The number of para-hydroxylation sites is 1. The van der Waals surface area contributed by atoms with Gasteiger partial charge in [-0.25, -0.2) is 4.98 Å². The molecule has 0 radical (unpaired) electrons. The highest BCUT2D eigenvalue weighted by Gasteiger charge is 2.18. The van der Waals surface area contributed by atoms with Crippen molar-refractivity contribution >= 4 is 32.6 Å². The largest absolute Gasteiger partial charge is 0.292 e. The predicted octanol–water partition coefficient (Wildman–Crippen LogP) is 13.1. The van der Waals surface area contributed by atoms with E-state index < -0.39 is 0 Å². The Morgan fingerprint density at radius 1 is 0.358 bits per heavy atom. The summed E-state index contributed by atoms with van der Waals surface area (Å²) in [7, 11) is 0. The highest BCUT2D eigenvalue weighted by molar-refractivity contribution is 6.22. The second-order valence-corrected chi connectivity index (χ2v) is 13.4. The highest BCUT2D eigenvalue weighted by Crippen LogP contribution is 2.44. The fourth-order valence-corrected chi connectivity index (χ4v) is 7.78. The zero-order valence-electron chi connectivity index (χ0n) is 28.9. The Kier molecular flexibility index (Phi) is 7.47. The molecule has 10 aromatic rings. The minimum absolute atomic E-state index is 0.911. The number of benzene rings is 8. The molecule has 2 aromatic heterocycles. The lowest BCUT2D eigenvalue weighted by Gasteiger charge is -2.18. The monoisotopic (exact) mass is 675 g/mol. The summed E-state index contributed by atoms with van der Waals surface area (Å²) in [5.74, 6) is 0.918. The molecule has 0 atom stereocenters. The number of aromatic nitrogens is 3. The van der Waals surface area contributed by atoms with Crippen LogP contribution < -0.4 is 0 Å². The van der Waals surface area contributed by atoms with E-state index in [-0.39, 0.29) is 0 Å². The summed E-state index contributed by atoms with van der Waals surface area (Å²) in [4.78, 5) is 10.2. The number of pyridine rings is 1. The van der Waals surface area contributed by atoms with E-state index in [0.717, 1.165) is 50.5 Å². The van der Waals surface area contributed by atoms with Gasteiger partial charge in [0.05, 0.1) is 16.7 Å². The number of imidazole rings is 1. The molecule has 0 saturated carbocycles. The maximum atomic E-state index is 5.16. The van der Waals surface area contributed by atoms with Gasteiger partial charge in [0.15, 0.2) is 0 Å². The molecule has 0 bridgehead atoms. The van der Waals surface area contributed by atoms with Gasteiger partial charge in [-0.3, -0.25) is 9.55 Å². The third-order valence-electron chi connectivity index (χ3n) is 10.2. The van der Waals surface area contributed by atoms with Crippen molar-refractivity contribution in [3.8, 4) is 61.7 Å². The summed E-state index contributed by atoms with van der Waals surface area (Å²) >= 11 is 0. The molecule has 8 aromatic carbocycles. The Hall–Kier alpha value is -7.10. The van der Waals surface area contributed by atoms with E-state index in [1.807, 2.05) is 18.3 Å². The average Bonchev–Trinajstić information content (AvgIpc) is 3.63. The van der Waals surface area contributed by atoms with E-state index in [2.05, 4.69) is 187 Å². The normalized spacial score (nSPS) is 11.4. The van der Waals surface area contributed by atoms with Crippen LogP contribution in [0.1, 0.15) is 0 Å². The fraction of sp³-hybridized carbons (Fsp3) is 0. The second-order valence-electron chi connectivity index (χ2n) is 13.4. The molecule has 3 nitrogen and oxygen atoms in total. The molecule has 0 aliphatic rings. The molecule has 0 amide bonds. The van der Waals surface area contributed by atoms with Gasteiger partial charge in [-0.2, -0.15) is 0 Å². The van der Waals surface area contributed by atoms with Crippen LogP contribution in [0.4, 0.5) is 0 Å². The van der Waals surface area contributed by atoms with Crippen LogP contribution in [0, 0.1) is 0 Å². The molecule has 0 N–H and O–H groups in total. The van der Waals surface area contributed by atoms with Gasteiger partial charge in [-0.15, -0.1) is 0 Å². The summed E-state index contributed by atoms with van der Waals surface area (Å²) in [6, 6.07) is 68.8. The van der Waals surface area contributed by atoms with Crippen LogP contribution in [-0.2, 0) is 0 Å². The first-order chi connectivity index (χ1) is 26.3. The molecular formula is C50H33N3. The summed E-state index contributed by atoms with van der Waals surface area (Å²) < 4.78 is 2.24. The van der Waals surface area contributed by atoms with Crippen LogP contribution in [0.2, 0.25) is 0 Å². The van der Waals surface area contributed by atoms with Crippen LogP contribution in [0.3, 0.4) is 0 Å². The fourth-order valence-electron chi connectivity index (χ4n) is 7.78. The molecule has 248 valence electrons. The van der Waals surface area contributed by atoms with Gasteiger partial charge < -0.3 is 0 Å². The molecule has 2 heterocycles. The number of nitrogens with zero attached hydrogens (tertiary/aromatic N) is 3. The third-order valence-corrected chi connectivity index (χ3v) is 10.2. The van der Waals surface area contributed by atoms with Crippen molar-refractivity contribution in [3.05, 3.63) is 200 Å². The van der Waals surface area contributed by atoms with Gasteiger partial charge in [0.1, 0.15) is 5.82 Å². The first kappa shape index (κ1) is 30.7. The van der Waals surface area contributed by atoms with Crippen molar-refractivity contribution in [2.45, 2.75) is 0 Å². The predicted molar refractivity (Wildman–Crippen MR) is 221 cm³/mol. The van der Waals surface area contributed by atoms with Crippen LogP contribution in [0.5, 0.6) is 0 Å². The summed E-state index contributed by atoms with van der Waals surface area (Å²) in [5, 5.41) is 4.96. The quantitative estimate of drug-likeness (QED) is 0.164. The van der Waals surface area contributed by atoms with E-state index >= 15 is 0 Å². The molecule has 0 saturated heterocycles. The van der Waals surface area contributed by atoms with Crippen molar-refractivity contribution in [1.29, 1.82) is 0 Å². The van der Waals surface area contributed by atoms with E-state index in [0.29, 0.717) is 0 Å². The first-order valence-corrected chi connectivity index (χ1v) is 18.0. The van der Waals surface area contributed by atoms with E-state index in [4.69, 9.17) is 9.97 Å². The van der Waals surface area contributed by atoms with Gasteiger partial charge in [0.2, 0.25) is 0 Å². The van der Waals surface area contributed by atoms with Crippen LogP contribution in [0.25, 0.3) is 94.3 Å². The minimum Gasteiger partial charge on any atom is -0.292 e. The lowest BCUT2D eigenvalue weighted by atomic mass is 9.85. The van der Waals surface area contributed by atoms with Crippen molar-refractivity contribution in [2.75, 3.05) is 0 Å². The summed E-state index contributed by atoms with van der Waals surface area (Å²) in [5.41, 5.74) is 13.2. The van der Waals surface area contributed by atoms with E-state index in [1.165, 1.54) is 43.8 Å². The number of hydrogen-bond acceptors (Lipinski definition) is 2. The van der Waals surface area contributed by atoms with Gasteiger partial charge >= 0.3 is 0 Å². The smallest absolute Gasteiger partial charge is 0.145 e. The molecule has 0 aliphatic heterocycles. The Bertz CT molecular complexity index is 2900. The Morgan fingerprint density at radius 2 is 0.887 bits per heavy atom. The van der Waals surface area contributed by atoms with Gasteiger partial charge in [0, 0.05) is 28.6 Å². The van der Waals surface area contributed by atoms with Crippen molar-refractivity contribution < 1.29 is 0 Å². The maximum Gasteiger partial charge on any atom is 0.145 e. The molecule has 3 heteroatoms. The van der Waals surface area contributed by atoms with Crippen molar-refractivity contribution in [2.24, 2.45) is 0 Å². The Balaban J connectivity index is 1.09. The number of fused-ring (bicyclic) bond motifs is 3. The summed E-state index contributed by atoms with van der Waals surface area (Å²) in [6.45, 7) is 0. The average molecular weight is 676 g/mol. The number of hydrogen-bond donors (Lipinski definition) is 0. The van der Waals surface area contributed by atoms with E-state index in [1.54, 1.807) is 0 Å². The maximum absolute atomic E-state index is 5.16. The highest BCUT2D eigenvalue weighted by atomic mass is 15.1. The van der Waals surface area contributed by atoms with E-state index in [9.17, 15) is 0 Å². The Labute approximate surface area is 308 Å². The first-order valence-electron chi connectivity index (χ1n) is 18.0. The van der Waals surface area contributed by atoms with Crippen LogP contribution in [-0.4, -0.2) is 14.5 Å². The molecule has 0 fully saturated rings. The molecule has 0 unspecified atom stereocenters. The second kappa shape index (κ2) is 12.9. The lowest BCUT2D eigenvalue weighted by Crippen LogP contribution is -1.97. The van der Waals surface area contributed by atoms with Gasteiger partial charge in [0.25, 0.3) is 0 Å². The van der Waals surface area contributed by atoms with Crippen molar-refractivity contribution in [1.82, 2.24) is 14.5 Å². The summed E-state index contributed by atoms with van der Waals surface area (Å²) in [6.07, 6.45) is 2.00. The molecule has 10 rings (SSSR count). The lowest BCUT2D eigenvalue weighted by molar-refractivity contribution is 1.10.